The fraction of sp³-hybridized carbons (Fsp3) is 0.556. The molecule has 3 amide bonds. The first-order chi connectivity index (χ1) is 7.63. The van der Waals surface area contributed by atoms with Crippen LogP contribution in [-0.4, -0.2) is 36.5 Å². The molecule has 88 valence electrons. The molecule has 0 spiro atoms. The van der Waals surface area contributed by atoms with Gasteiger partial charge < -0.3 is 10.6 Å². The van der Waals surface area contributed by atoms with Crippen molar-refractivity contribution in [1.82, 2.24) is 16.1 Å². The zero-order valence-electron chi connectivity index (χ0n) is 9.00. The molecule has 7 nitrogen and oxygen atoms in total. The van der Waals surface area contributed by atoms with Crippen LogP contribution in [0.1, 0.15) is 19.8 Å². The van der Waals surface area contributed by atoms with Crippen LogP contribution in [0.4, 0.5) is 0 Å². The summed E-state index contributed by atoms with van der Waals surface area (Å²) in [6.07, 6.45) is 0.542. The number of hydrogen-bond donors (Lipinski definition) is 3. The molecule has 1 aliphatic heterocycles. The zero-order valence-corrected chi connectivity index (χ0v) is 9.00. The number of carbonyl (C=O) groups is 3. The van der Waals surface area contributed by atoms with Crippen molar-refractivity contribution in [3.63, 3.8) is 0 Å². The van der Waals surface area contributed by atoms with Gasteiger partial charge in [0.05, 0.1) is 6.54 Å². The average Bonchev–Trinajstić information content (AvgIpc) is 2.27. The molecule has 0 unspecified atom stereocenters. The van der Waals surface area contributed by atoms with E-state index < -0.39 is 5.91 Å². The molecule has 0 aromatic heterocycles. The van der Waals surface area contributed by atoms with Crippen LogP contribution in [0.3, 0.4) is 0 Å². The predicted molar refractivity (Wildman–Crippen MR) is 56.5 cm³/mol. The van der Waals surface area contributed by atoms with E-state index in [9.17, 15) is 14.4 Å². The third kappa shape index (κ3) is 3.68. The van der Waals surface area contributed by atoms with Gasteiger partial charge in [-0.1, -0.05) is 0 Å². The Morgan fingerprint density at radius 3 is 2.69 bits per heavy atom. The minimum Gasteiger partial charge on any atom is -0.355 e. The van der Waals surface area contributed by atoms with Gasteiger partial charge in [-0.2, -0.15) is 5.10 Å². The van der Waals surface area contributed by atoms with Gasteiger partial charge in [0, 0.05) is 19.4 Å². The van der Waals surface area contributed by atoms with E-state index in [-0.39, 0.29) is 30.5 Å². The average molecular weight is 226 g/mol. The van der Waals surface area contributed by atoms with Gasteiger partial charge in [-0.3, -0.25) is 14.4 Å². The summed E-state index contributed by atoms with van der Waals surface area (Å²) in [5.74, 6) is -0.886. The lowest BCUT2D eigenvalue weighted by Crippen LogP contribution is -2.41. The molecule has 1 aliphatic rings. The Kier molecular flexibility index (Phi) is 4.43. The van der Waals surface area contributed by atoms with Crippen LogP contribution in [0.2, 0.25) is 0 Å². The Balaban J connectivity index is 2.35. The monoisotopic (exact) mass is 226 g/mol. The number of rotatable bonds is 4. The van der Waals surface area contributed by atoms with Crippen molar-refractivity contribution < 1.29 is 14.4 Å². The van der Waals surface area contributed by atoms with Crippen molar-refractivity contribution in [2.45, 2.75) is 19.8 Å². The van der Waals surface area contributed by atoms with Gasteiger partial charge in [-0.15, -0.1) is 0 Å². The number of carbonyl (C=O) groups excluding carboxylic acids is 3. The summed E-state index contributed by atoms with van der Waals surface area (Å²) in [5, 5.41) is 8.57. The van der Waals surface area contributed by atoms with E-state index in [0.717, 1.165) is 0 Å². The fourth-order valence-corrected chi connectivity index (χ4v) is 1.16. The van der Waals surface area contributed by atoms with Gasteiger partial charge in [-0.05, 0) is 6.92 Å². The maximum atomic E-state index is 11.4. The highest BCUT2D eigenvalue weighted by Gasteiger charge is 2.18. The van der Waals surface area contributed by atoms with E-state index in [1.54, 1.807) is 6.92 Å². The van der Waals surface area contributed by atoms with E-state index in [0.29, 0.717) is 13.0 Å². The van der Waals surface area contributed by atoms with E-state index in [4.69, 9.17) is 0 Å². The lowest BCUT2D eigenvalue weighted by atomic mass is 10.1. The van der Waals surface area contributed by atoms with Gasteiger partial charge in [0.2, 0.25) is 11.8 Å². The highest BCUT2D eigenvalue weighted by molar-refractivity contribution is 6.39. The van der Waals surface area contributed by atoms with Crippen LogP contribution in [-0.2, 0) is 14.4 Å². The van der Waals surface area contributed by atoms with E-state index in [1.165, 1.54) is 0 Å². The Labute approximate surface area is 92.7 Å². The lowest BCUT2D eigenvalue weighted by Gasteiger charge is -2.11. The molecule has 3 N–H and O–H groups in total. The standard InChI is InChI=1S/C9H14N4O3/c1-2-10-8(15)5-11-9(16)6-3-4-7(14)13-12-6/h2-5H2,1H3,(H,10,15)(H,11,16)(H,13,14). The topological polar surface area (TPSA) is 99.7 Å². The summed E-state index contributed by atoms with van der Waals surface area (Å²) in [6.45, 7) is 2.23. The second-order valence-electron chi connectivity index (χ2n) is 3.23. The summed E-state index contributed by atoms with van der Waals surface area (Å²) in [4.78, 5) is 33.3. The van der Waals surface area contributed by atoms with Crippen molar-refractivity contribution in [3.8, 4) is 0 Å². The van der Waals surface area contributed by atoms with E-state index in [1.807, 2.05) is 0 Å². The highest BCUT2D eigenvalue weighted by Crippen LogP contribution is 1.98. The molecule has 0 atom stereocenters. The third-order valence-corrected chi connectivity index (χ3v) is 1.95. The molecule has 1 heterocycles. The Bertz CT molecular complexity index is 338. The second kappa shape index (κ2) is 5.84. The highest BCUT2D eigenvalue weighted by atomic mass is 16.2. The van der Waals surface area contributed by atoms with Gasteiger partial charge in [-0.25, -0.2) is 5.43 Å². The maximum absolute atomic E-state index is 11.4. The molecular weight excluding hydrogens is 212 g/mol. The van der Waals surface area contributed by atoms with E-state index in [2.05, 4.69) is 21.2 Å². The van der Waals surface area contributed by atoms with Crippen LogP contribution >= 0.6 is 0 Å². The number of amides is 3. The second-order valence-corrected chi connectivity index (χ2v) is 3.23. The van der Waals surface area contributed by atoms with Gasteiger partial charge in [0.15, 0.2) is 0 Å². The minimum absolute atomic E-state index is 0.0837. The summed E-state index contributed by atoms with van der Waals surface area (Å²) in [5.41, 5.74) is 2.45. The Morgan fingerprint density at radius 1 is 1.38 bits per heavy atom. The molecule has 0 fully saturated rings. The molecule has 0 aromatic carbocycles. The molecule has 16 heavy (non-hydrogen) atoms. The summed E-state index contributed by atoms with van der Waals surface area (Å²) in [6, 6.07) is 0. The Hall–Kier alpha value is -1.92. The van der Waals surface area contributed by atoms with Crippen molar-refractivity contribution in [3.05, 3.63) is 0 Å². The summed E-state index contributed by atoms with van der Waals surface area (Å²) in [7, 11) is 0. The van der Waals surface area contributed by atoms with Crippen molar-refractivity contribution in [2.75, 3.05) is 13.1 Å². The molecule has 0 saturated heterocycles. The van der Waals surface area contributed by atoms with E-state index >= 15 is 0 Å². The first-order valence-corrected chi connectivity index (χ1v) is 5.03. The third-order valence-electron chi connectivity index (χ3n) is 1.95. The number of likely N-dealkylation sites (N-methyl/N-ethyl adjacent to an activating group) is 1. The minimum atomic E-state index is -0.425. The van der Waals surface area contributed by atoms with Crippen LogP contribution in [0.5, 0.6) is 0 Å². The molecule has 0 radical (unpaired) electrons. The summed E-state index contributed by atoms with van der Waals surface area (Å²) >= 11 is 0. The van der Waals surface area contributed by atoms with Crippen LogP contribution in [0.25, 0.3) is 0 Å². The lowest BCUT2D eigenvalue weighted by molar-refractivity contribution is -0.123. The van der Waals surface area contributed by atoms with Gasteiger partial charge in [0.25, 0.3) is 5.91 Å². The van der Waals surface area contributed by atoms with Crippen molar-refractivity contribution in [1.29, 1.82) is 0 Å². The molecule has 0 aromatic rings. The van der Waals surface area contributed by atoms with Crippen LogP contribution in [0, 0.1) is 0 Å². The van der Waals surface area contributed by atoms with Crippen LogP contribution < -0.4 is 16.1 Å². The van der Waals surface area contributed by atoms with Gasteiger partial charge >= 0.3 is 0 Å². The SMILES string of the molecule is CCNC(=O)CNC(=O)C1=NNC(=O)CC1. The molecule has 0 bridgehead atoms. The predicted octanol–water partition coefficient (Wildman–Crippen LogP) is -1.50. The first kappa shape index (κ1) is 12.2. The number of hydrazone groups is 1. The van der Waals surface area contributed by atoms with Gasteiger partial charge in [0.1, 0.15) is 5.71 Å². The summed E-state index contributed by atoms with van der Waals surface area (Å²) < 4.78 is 0. The smallest absolute Gasteiger partial charge is 0.267 e. The molecule has 0 saturated carbocycles. The molecular formula is C9H14N4O3. The first-order valence-electron chi connectivity index (χ1n) is 5.03. The number of hydrogen-bond acceptors (Lipinski definition) is 4. The van der Waals surface area contributed by atoms with Crippen LogP contribution in [0.15, 0.2) is 5.10 Å². The molecule has 1 rings (SSSR count). The Morgan fingerprint density at radius 2 is 2.12 bits per heavy atom. The van der Waals surface area contributed by atoms with Crippen molar-refractivity contribution >= 4 is 23.4 Å². The fourth-order valence-electron chi connectivity index (χ4n) is 1.16. The zero-order chi connectivity index (χ0) is 12.0. The number of nitrogens with one attached hydrogen (secondary N) is 3. The quantitative estimate of drug-likeness (QED) is 0.544. The molecule has 7 heteroatoms. The molecule has 0 aliphatic carbocycles. The number of nitrogens with zero attached hydrogens (tertiary/aromatic N) is 1. The maximum Gasteiger partial charge on any atom is 0.267 e. The normalized spacial score (nSPS) is 14.8. The largest absolute Gasteiger partial charge is 0.355 e. The van der Waals surface area contributed by atoms with Crippen molar-refractivity contribution in [2.24, 2.45) is 5.10 Å².